The first-order valence-electron chi connectivity index (χ1n) is 8.38. The Balaban J connectivity index is 1.80. The summed E-state index contributed by atoms with van der Waals surface area (Å²) in [5.41, 5.74) is 4.79. The fourth-order valence-corrected chi connectivity index (χ4v) is 6.92. The molecule has 3 N–H and O–H groups in total. The van der Waals surface area contributed by atoms with Crippen LogP contribution in [-0.2, 0) is 4.74 Å². The third kappa shape index (κ3) is 2.42. The highest BCUT2D eigenvalue weighted by Gasteiger charge is 2.61. The normalized spacial score (nSPS) is 47.7. The Kier molecular flexibility index (Phi) is 3.67. The molecule has 0 spiro atoms. The number of methoxy groups -OCH3 is 1. The number of hydrogen-bond donors (Lipinski definition) is 2. The fraction of sp³-hybridized carbons (Fsp3) is 1.00. The molecule has 4 rings (SSSR count). The van der Waals surface area contributed by atoms with Crippen molar-refractivity contribution in [2.24, 2.45) is 28.0 Å². The van der Waals surface area contributed by atoms with E-state index in [1.165, 1.54) is 38.5 Å². The molecule has 4 fully saturated rings. The molecule has 4 aliphatic rings. The van der Waals surface area contributed by atoms with E-state index in [1.54, 1.807) is 7.11 Å². The highest BCUT2D eigenvalue weighted by atomic mass is 16.5. The second-order valence-corrected chi connectivity index (χ2v) is 8.85. The fourth-order valence-electron chi connectivity index (χ4n) is 6.92. The van der Waals surface area contributed by atoms with Crippen LogP contribution in [0.25, 0.3) is 0 Å². The summed E-state index contributed by atoms with van der Waals surface area (Å²) in [6.07, 6.45) is 10.8. The molecule has 20 heavy (non-hydrogen) atoms. The maximum Gasteiger partial charge on any atom is 0.0462 e. The summed E-state index contributed by atoms with van der Waals surface area (Å²) in [6.45, 7) is 5.92. The topological polar surface area (TPSA) is 47.3 Å². The molecule has 0 saturated heterocycles. The average Bonchev–Trinajstić information content (AvgIpc) is 2.29. The Morgan fingerprint density at radius 1 is 1.15 bits per heavy atom. The second kappa shape index (κ2) is 4.96. The van der Waals surface area contributed by atoms with Crippen LogP contribution < -0.4 is 11.3 Å². The largest absolute Gasteiger partial charge is 0.385 e. The van der Waals surface area contributed by atoms with Gasteiger partial charge in [0.2, 0.25) is 0 Å². The van der Waals surface area contributed by atoms with Gasteiger partial charge >= 0.3 is 0 Å². The lowest BCUT2D eigenvalue weighted by atomic mass is 9.39. The van der Waals surface area contributed by atoms with Crippen molar-refractivity contribution in [3.05, 3.63) is 0 Å². The summed E-state index contributed by atoms with van der Waals surface area (Å²) in [7, 11) is 1.79. The molecule has 0 aromatic rings. The van der Waals surface area contributed by atoms with E-state index in [0.29, 0.717) is 22.3 Å². The highest BCUT2D eigenvalue weighted by molar-refractivity contribution is 5.13. The van der Waals surface area contributed by atoms with Crippen LogP contribution in [0.4, 0.5) is 0 Å². The van der Waals surface area contributed by atoms with Crippen molar-refractivity contribution in [1.82, 2.24) is 5.43 Å². The third-order valence-corrected chi connectivity index (χ3v) is 6.45. The second-order valence-electron chi connectivity index (χ2n) is 8.85. The number of nitrogens with two attached hydrogens (primary N) is 1. The van der Waals surface area contributed by atoms with Gasteiger partial charge in [0.15, 0.2) is 0 Å². The summed E-state index contributed by atoms with van der Waals surface area (Å²) in [4.78, 5) is 0. The Hall–Kier alpha value is -0.120. The van der Waals surface area contributed by atoms with E-state index in [9.17, 15) is 0 Å². The van der Waals surface area contributed by atoms with Gasteiger partial charge in [-0.3, -0.25) is 11.3 Å². The Bertz CT molecular complexity index is 352. The molecule has 0 heterocycles. The van der Waals surface area contributed by atoms with E-state index in [2.05, 4.69) is 19.3 Å². The first kappa shape index (κ1) is 14.8. The van der Waals surface area contributed by atoms with Gasteiger partial charge in [0.05, 0.1) is 0 Å². The molecular formula is C17H32N2O. The lowest BCUT2D eigenvalue weighted by molar-refractivity contribution is -0.159. The zero-order valence-corrected chi connectivity index (χ0v) is 13.5. The van der Waals surface area contributed by atoms with Gasteiger partial charge < -0.3 is 4.74 Å². The molecule has 116 valence electrons. The van der Waals surface area contributed by atoms with Gasteiger partial charge in [-0.25, -0.2) is 0 Å². The van der Waals surface area contributed by atoms with E-state index in [4.69, 9.17) is 10.6 Å². The molecule has 0 radical (unpaired) electrons. The minimum Gasteiger partial charge on any atom is -0.385 e. The summed E-state index contributed by atoms with van der Waals surface area (Å²) in [5.74, 6) is 6.92. The zero-order chi connectivity index (χ0) is 14.4. The van der Waals surface area contributed by atoms with Crippen LogP contribution in [0.2, 0.25) is 0 Å². The van der Waals surface area contributed by atoms with Crippen LogP contribution >= 0.6 is 0 Å². The van der Waals surface area contributed by atoms with Crippen LogP contribution in [0.5, 0.6) is 0 Å². The smallest absolute Gasteiger partial charge is 0.0462 e. The highest BCUT2D eigenvalue weighted by Crippen LogP contribution is 2.70. The first-order chi connectivity index (χ1) is 9.43. The van der Waals surface area contributed by atoms with Gasteiger partial charge in [-0.05, 0) is 73.5 Å². The number of hydrogen-bond acceptors (Lipinski definition) is 3. The number of nitrogens with one attached hydrogen (secondary N) is 1. The standard InChI is InChI=1S/C17H32N2O/c1-15-7-13-8-16(2,10-15)12-17(9-13,11-15)14(19-18)5-4-6-20-3/h13-14,19H,4-12,18H2,1-3H3. The average molecular weight is 280 g/mol. The van der Waals surface area contributed by atoms with Crippen molar-refractivity contribution >= 4 is 0 Å². The molecule has 0 amide bonds. The zero-order valence-electron chi connectivity index (χ0n) is 13.5. The summed E-state index contributed by atoms with van der Waals surface area (Å²) in [6, 6.07) is 0.472. The van der Waals surface area contributed by atoms with Gasteiger partial charge in [0.1, 0.15) is 0 Å². The number of rotatable bonds is 6. The molecule has 4 saturated carbocycles. The third-order valence-electron chi connectivity index (χ3n) is 6.45. The Morgan fingerprint density at radius 3 is 2.30 bits per heavy atom. The minimum atomic E-state index is 0.450. The molecule has 4 aliphatic carbocycles. The summed E-state index contributed by atoms with van der Waals surface area (Å²) < 4.78 is 5.23. The Labute approximate surface area is 124 Å². The van der Waals surface area contributed by atoms with Gasteiger partial charge in [0.25, 0.3) is 0 Å². The van der Waals surface area contributed by atoms with E-state index >= 15 is 0 Å². The molecule has 3 unspecified atom stereocenters. The van der Waals surface area contributed by atoms with Crippen LogP contribution in [0.15, 0.2) is 0 Å². The van der Waals surface area contributed by atoms with Crippen molar-refractivity contribution in [3.63, 3.8) is 0 Å². The van der Waals surface area contributed by atoms with E-state index in [0.717, 1.165) is 25.4 Å². The first-order valence-corrected chi connectivity index (χ1v) is 8.38. The molecule has 0 aromatic carbocycles. The van der Waals surface area contributed by atoms with Gasteiger partial charge in [-0.15, -0.1) is 0 Å². The minimum absolute atomic E-state index is 0.450. The SMILES string of the molecule is COCCCC(NN)C12CC3CC(C)(CC(C)(C3)C1)C2. The van der Waals surface area contributed by atoms with Gasteiger partial charge in [0, 0.05) is 19.8 Å². The number of ether oxygens (including phenoxy) is 1. The van der Waals surface area contributed by atoms with E-state index < -0.39 is 0 Å². The van der Waals surface area contributed by atoms with Crippen molar-refractivity contribution in [2.45, 2.75) is 71.3 Å². The molecule has 4 bridgehead atoms. The predicted octanol–water partition coefficient (Wildman–Crippen LogP) is 3.24. The molecule has 3 atom stereocenters. The maximum absolute atomic E-state index is 5.97. The van der Waals surface area contributed by atoms with Gasteiger partial charge in [-0.2, -0.15) is 0 Å². The molecule has 0 aromatic heterocycles. The maximum atomic E-state index is 5.97. The van der Waals surface area contributed by atoms with Crippen molar-refractivity contribution < 1.29 is 4.74 Å². The van der Waals surface area contributed by atoms with Gasteiger partial charge in [-0.1, -0.05) is 13.8 Å². The Morgan fingerprint density at radius 2 is 1.80 bits per heavy atom. The lowest BCUT2D eigenvalue weighted by Gasteiger charge is -2.67. The molecular weight excluding hydrogens is 248 g/mol. The number of hydrazine groups is 1. The monoisotopic (exact) mass is 280 g/mol. The van der Waals surface area contributed by atoms with E-state index in [-0.39, 0.29) is 0 Å². The van der Waals surface area contributed by atoms with Crippen LogP contribution in [0.1, 0.15) is 65.2 Å². The predicted molar refractivity (Wildman–Crippen MR) is 82.1 cm³/mol. The molecule has 3 heteroatoms. The van der Waals surface area contributed by atoms with Crippen LogP contribution in [0.3, 0.4) is 0 Å². The lowest BCUT2D eigenvalue weighted by Crippen LogP contribution is -2.62. The van der Waals surface area contributed by atoms with Crippen molar-refractivity contribution in [3.8, 4) is 0 Å². The van der Waals surface area contributed by atoms with Crippen molar-refractivity contribution in [1.29, 1.82) is 0 Å². The van der Waals surface area contributed by atoms with E-state index in [1.807, 2.05) is 0 Å². The van der Waals surface area contributed by atoms with Crippen molar-refractivity contribution in [2.75, 3.05) is 13.7 Å². The van der Waals surface area contributed by atoms with Crippen LogP contribution in [0, 0.1) is 22.2 Å². The quantitative estimate of drug-likeness (QED) is 0.446. The van der Waals surface area contributed by atoms with Crippen LogP contribution in [-0.4, -0.2) is 19.8 Å². The molecule has 3 nitrogen and oxygen atoms in total. The molecule has 0 aliphatic heterocycles. The summed E-state index contributed by atoms with van der Waals surface area (Å²) in [5, 5.41) is 0. The summed E-state index contributed by atoms with van der Waals surface area (Å²) >= 11 is 0.